The molecule has 154 valence electrons. The summed E-state index contributed by atoms with van der Waals surface area (Å²) in [5.74, 6) is 0.0388. The Morgan fingerprint density at radius 2 is 2.11 bits per heavy atom. The summed E-state index contributed by atoms with van der Waals surface area (Å²) in [6.07, 6.45) is 3.89. The Balaban J connectivity index is 1.74. The molecule has 0 aromatic carbocycles. The number of nitrogens with two attached hydrogens (primary N) is 1. The van der Waals surface area contributed by atoms with E-state index in [9.17, 15) is 4.79 Å². The minimum Gasteiger partial charge on any atom is -0.443 e. The minimum absolute atomic E-state index is 0.0388. The standard InChI is InChI=1S/C20H34N2O5/c1-13(2)6-7-15-19(3,27-15)17-16(24-5)14(8-9-20(17)12-25-20)26-18(23)22(4)11-10-21/h6,14-17H,7-12,21H2,1-5H3/t14?,15-,16?,17?,19+,20+/m1/s1. The molecule has 3 fully saturated rings. The summed E-state index contributed by atoms with van der Waals surface area (Å²) in [4.78, 5) is 13.9. The third-order valence-corrected chi connectivity index (χ3v) is 6.27. The highest BCUT2D eigenvalue weighted by Crippen LogP contribution is 2.59. The van der Waals surface area contributed by atoms with E-state index in [1.807, 2.05) is 0 Å². The molecule has 0 bridgehead atoms. The zero-order valence-electron chi connectivity index (χ0n) is 17.2. The van der Waals surface area contributed by atoms with Crippen molar-refractivity contribution < 1.29 is 23.7 Å². The number of ether oxygens (including phenoxy) is 4. The molecule has 3 aliphatic rings. The van der Waals surface area contributed by atoms with Crippen LogP contribution in [0, 0.1) is 5.92 Å². The van der Waals surface area contributed by atoms with Crippen LogP contribution in [0.5, 0.6) is 0 Å². The van der Waals surface area contributed by atoms with Crippen molar-refractivity contribution in [1.29, 1.82) is 0 Å². The van der Waals surface area contributed by atoms with Crippen molar-refractivity contribution in [2.45, 2.75) is 69.5 Å². The Kier molecular flexibility index (Phi) is 5.87. The van der Waals surface area contributed by atoms with Crippen molar-refractivity contribution in [2.24, 2.45) is 11.7 Å². The van der Waals surface area contributed by atoms with Gasteiger partial charge in [-0.05, 0) is 40.0 Å². The van der Waals surface area contributed by atoms with Crippen LogP contribution in [0.1, 0.15) is 40.0 Å². The molecule has 3 rings (SSSR count). The number of carbonyl (C=O) groups is 1. The van der Waals surface area contributed by atoms with Gasteiger partial charge in [0.2, 0.25) is 0 Å². The summed E-state index contributed by atoms with van der Waals surface area (Å²) in [5, 5.41) is 0. The van der Waals surface area contributed by atoms with Crippen LogP contribution in [-0.4, -0.2) is 74.4 Å². The van der Waals surface area contributed by atoms with E-state index in [4.69, 9.17) is 24.7 Å². The van der Waals surface area contributed by atoms with Gasteiger partial charge < -0.3 is 29.6 Å². The minimum atomic E-state index is -0.359. The number of hydrogen-bond donors (Lipinski definition) is 1. The molecule has 7 nitrogen and oxygen atoms in total. The quantitative estimate of drug-likeness (QED) is 0.536. The molecule has 1 amide bonds. The number of nitrogens with zero attached hydrogens (tertiary/aromatic N) is 1. The molecule has 7 heteroatoms. The van der Waals surface area contributed by atoms with Crippen LogP contribution in [0.2, 0.25) is 0 Å². The highest BCUT2D eigenvalue weighted by Gasteiger charge is 2.72. The van der Waals surface area contributed by atoms with Crippen LogP contribution in [0.3, 0.4) is 0 Å². The van der Waals surface area contributed by atoms with Gasteiger partial charge in [0.15, 0.2) is 0 Å². The Bertz CT molecular complexity index is 587. The lowest BCUT2D eigenvalue weighted by Crippen LogP contribution is -2.56. The number of epoxide rings is 2. The molecule has 2 heterocycles. The van der Waals surface area contributed by atoms with Gasteiger partial charge in [-0.3, -0.25) is 0 Å². The van der Waals surface area contributed by atoms with E-state index in [0.29, 0.717) is 13.1 Å². The van der Waals surface area contributed by atoms with E-state index in [-0.39, 0.29) is 41.5 Å². The maximum atomic E-state index is 12.4. The van der Waals surface area contributed by atoms with Crippen molar-refractivity contribution in [1.82, 2.24) is 4.90 Å². The van der Waals surface area contributed by atoms with Crippen LogP contribution >= 0.6 is 0 Å². The first-order valence-corrected chi connectivity index (χ1v) is 9.87. The molecule has 1 spiro atoms. The molecule has 6 atom stereocenters. The second-order valence-electron chi connectivity index (χ2n) is 8.51. The number of carbonyl (C=O) groups excluding carboxylic acids is 1. The Labute approximate surface area is 162 Å². The fourth-order valence-electron chi connectivity index (χ4n) is 4.57. The third-order valence-electron chi connectivity index (χ3n) is 6.27. The SMILES string of the molecule is COC1C(OC(=O)N(C)CCN)CC[C@]2(CO2)C1[C@@]1(C)O[C@@H]1CC=C(C)C. The van der Waals surface area contributed by atoms with Gasteiger partial charge in [0.05, 0.1) is 18.6 Å². The smallest absolute Gasteiger partial charge is 0.409 e. The summed E-state index contributed by atoms with van der Waals surface area (Å²) >= 11 is 0. The molecule has 2 saturated heterocycles. The van der Waals surface area contributed by atoms with E-state index >= 15 is 0 Å². The van der Waals surface area contributed by atoms with E-state index in [1.54, 1.807) is 14.2 Å². The van der Waals surface area contributed by atoms with Crippen LogP contribution in [-0.2, 0) is 18.9 Å². The van der Waals surface area contributed by atoms with Crippen molar-refractivity contribution in [3.05, 3.63) is 11.6 Å². The normalized spacial score (nSPS) is 39.8. The lowest BCUT2D eigenvalue weighted by atomic mass is 9.68. The molecular weight excluding hydrogens is 348 g/mol. The summed E-state index contributed by atoms with van der Waals surface area (Å²) in [5.41, 5.74) is 6.29. The van der Waals surface area contributed by atoms with E-state index in [1.165, 1.54) is 10.5 Å². The van der Waals surface area contributed by atoms with Gasteiger partial charge in [-0.25, -0.2) is 4.79 Å². The Hall–Kier alpha value is -1.15. The van der Waals surface area contributed by atoms with Crippen molar-refractivity contribution in [3.63, 3.8) is 0 Å². The number of allylic oxidation sites excluding steroid dienone is 1. The van der Waals surface area contributed by atoms with Gasteiger partial charge in [-0.2, -0.15) is 0 Å². The first kappa shape index (κ1) is 20.6. The lowest BCUT2D eigenvalue weighted by Gasteiger charge is -2.43. The molecule has 0 aromatic heterocycles. The number of methoxy groups -OCH3 is 1. The Morgan fingerprint density at radius 1 is 1.41 bits per heavy atom. The topological polar surface area (TPSA) is 89.9 Å². The van der Waals surface area contributed by atoms with Gasteiger partial charge in [-0.15, -0.1) is 0 Å². The van der Waals surface area contributed by atoms with Gasteiger partial charge >= 0.3 is 6.09 Å². The van der Waals surface area contributed by atoms with Gasteiger partial charge in [0.1, 0.15) is 23.4 Å². The highest BCUT2D eigenvalue weighted by molar-refractivity contribution is 5.67. The largest absolute Gasteiger partial charge is 0.443 e. The molecule has 2 N–H and O–H groups in total. The first-order chi connectivity index (χ1) is 12.8. The number of amides is 1. The molecule has 1 saturated carbocycles. The number of likely N-dealkylation sites (N-methyl/N-ethyl adjacent to an activating group) is 1. The van der Waals surface area contributed by atoms with Crippen molar-refractivity contribution in [2.75, 3.05) is 33.9 Å². The van der Waals surface area contributed by atoms with E-state index in [0.717, 1.165) is 25.9 Å². The van der Waals surface area contributed by atoms with Crippen molar-refractivity contribution in [3.8, 4) is 0 Å². The van der Waals surface area contributed by atoms with Crippen LogP contribution in [0.25, 0.3) is 0 Å². The Morgan fingerprint density at radius 3 is 2.67 bits per heavy atom. The van der Waals surface area contributed by atoms with Gasteiger partial charge in [-0.1, -0.05) is 11.6 Å². The third kappa shape index (κ3) is 4.01. The van der Waals surface area contributed by atoms with E-state index in [2.05, 4.69) is 26.8 Å². The van der Waals surface area contributed by atoms with Crippen molar-refractivity contribution >= 4 is 6.09 Å². The highest BCUT2D eigenvalue weighted by atomic mass is 16.6. The zero-order chi connectivity index (χ0) is 19.8. The predicted molar refractivity (Wildman–Crippen MR) is 101 cm³/mol. The second kappa shape index (κ2) is 7.70. The summed E-state index contributed by atoms with van der Waals surface area (Å²) in [6.45, 7) is 7.92. The van der Waals surface area contributed by atoms with Gasteiger partial charge in [0, 0.05) is 27.2 Å². The maximum absolute atomic E-state index is 12.4. The first-order valence-electron chi connectivity index (χ1n) is 9.87. The molecule has 2 aliphatic heterocycles. The summed E-state index contributed by atoms with van der Waals surface area (Å²) in [7, 11) is 3.38. The summed E-state index contributed by atoms with van der Waals surface area (Å²) < 4.78 is 23.8. The predicted octanol–water partition coefficient (Wildman–Crippen LogP) is 2.09. The molecule has 1 aliphatic carbocycles. The van der Waals surface area contributed by atoms with Crippen LogP contribution < -0.4 is 5.73 Å². The summed E-state index contributed by atoms with van der Waals surface area (Å²) in [6, 6.07) is 0. The molecule has 0 aromatic rings. The fraction of sp³-hybridized carbons (Fsp3) is 0.850. The molecule has 27 heavy (non-hydrogen) atoms. The second-order valence-corrected chi connectivity index (χ2v) is 8.51. The fourth-order valence-corrected chi connectivity index (χ4v) is 4.57. The van der Waals surface area contributed by atoms with E-state index < -0.39 is 0 Å². The lowest BCUT2D eigenvalue weighted by molar-refractivity contribution is -0.121. The van der Waals surface area contributed by atoms with Gasteiger partial charge in [0.25, 0.3) is 0 Å². The monoisotopic (exact) mass is 382 g/mol. The zero-order valence-corrected chi connectivity index (χ0v) is 17.2. The molecule has 3 unspecified atom stereocenters. The number of hydrogen-bond acceptors (Lipinski definition) is 6. The maximum Gasteiger partial charge on any atom is 0.409 e. The van der Waals surface area contributed by atoms with Crippen LogP contribution in [0.4, 0.5) is 4.79 Å². The van der Waals surface area contributed by atoms with Crippen LogP contribution in [0.15, 0.2) is 11.6 Å². The average Bonchev–Trinajstić information content (AvgIpc) is 3.52. The molecule has 0 radical (unpaired) electrons. The number of rotatable bonds is 7. The molecular formula is C20H34N2O5. The average molecular weight is 383 g/mol.